The molecule has 1 aromatic heterocycles. The number of nitrogens with zero attached hydrogens (tertiary/aromatic N) is 4. The third-order valence-corrected chi connectivity index (χ3v) is 6.13. The van der Waals surface area contributed by atoms with Gasteiger partial charge in [-0.05, 0) is 12.1 Å². The molecule has 116 valence electrons. The number of sulfone groups is 1. The van der Waals surface area contributed by atoms with E-state index in [-0.39, 0.29) is 4.90 Å². The highest BCUT2D eigenvalue weighted by molar-refractivity contribution is 7.91. The topological polar surface area (TPSA) is 113 Å². The minimum Gasteiger partial charge on any atom is -0.217 e. The summed E-state index contributed by atoms with van der Waals surface area (Å²) < 4.78 is 50.4. The number of nitriles is 1. The van der Waals surface area contributed by atoms with Gasteiger partial charge in [0.25, 0.3) is 0 Å². The Hall–Kier alpha value is -2.22. The molecule has 0 aliphatic heterocycles. The highest BCUT2D eigenvalue weighted by Gasteiger charge is 2.28. The summed E-state index contributed by atoms with van der Waals surface area (Å²) in [5.41, 5.74) is 0. The molecule has 0 amide bonds. The van der Waals surface area contributed by atoms with E-state index in [2.05, 4.69) is 4.98 Å². The second-order valence-corrected chi connectivity index (χ2v) is 8.33. The van der Waals surface area contributed by atoms with Gasteiger partial charge in [0, 0.05) is 14.1 Å². The molecule has 0 aliphatic carbocycles. The first-order valence-corrected chi connectivity index (χ1v) is 8.82. The average molecular weight is 340 g/mol. The van der Waals surface area contributed by atoms with Gasteiger partial charge in [-0.3, -0.25) is 0 Å². The molecular formula is C12H12N4O4S2. The second-order valence-electron chi connectivity index (χ2n) is 4.42. The fourth-order valence-electron chi connectivity index (χ4n) is 1.62. The molecule has 22 heavy (non-hydrogen) atoms. The lowest BCUT2D eigenvalue weighted by atomic mass is 10.4. The van der Waals surface area contributed by atoms with Crippen LogP contribution in [-0.4, -0.2) is 44.2 Å². The van der Waals surface area contributed by atoms with Gasteiger partial charge in [0.15, 0.2) is 5.03 Å². The zero-order valence-corrected chi connectivity index (χ0v) is 13.3. The monoisotopic (exact) mass is 340 g/mol. The quantitative estimate of drug-likeness (QED) is 0.788. The number of aromatic nitrogens is 2. The van der Waals surface area contributed by atoms with Crippen LogP contribution in [0.15, 0.2) is 46.5 Å². The van der Waals surface area contributed by atoms with Gasteiger partial charge in [0.1, 0.15) is 6.07 Å². The van der Waals surface area contributed by atoms with Gasteiger partial charge in [-0.25, -0.2) is 17.4 Å². The standard InChI is InChI=1S/C12H12N4O4S2/c1-15(2)22(19,20)16-9-12(14-11(16)8-13)21(17,18)10-6-4-3-5-7-10/h3-7,9H,1-2H3. The third kappa shape index (κ3) is 2.61. The van der Waals surface area contributed by atoms with Crippen molar-refractivity contribution in [2.45, 2.75) is 9.92 Å². The number of imidazole rings is 1. The van der Waals surface area contributed by atoms with E-state index in [9.17, 15) is 16.8 Å². The second kappa shape index (κ2) is 5.53. The Morgan fingerprint density at radius 3 is 2.23 bits per heavy atom. The molecule has 0 bridgehead atoms. The van der Waals surface area contributed by atoms with Crippen LogP contribution in [0.2, 0.25) is 0 Å². The zero-order chi connectivity index (χ0) is 16.5. The van der Waals surface area contributed by atoms with Crippen LogP contribution in [0.25, 0.3) is 0 Å². The Morgan fingerprint density at radius 2 is 1.73 bits per heavy atom. The summed E-state index contributed by atoms with van der Waals surface area (Å²) in [7, 11) is -5.51. The molecule has 0 N–H and O–H groups in total. The summed E-state index contributed by atoms with van der Waals surface area (Å²) in [6.07, 6.45) is 0.830. The van der Waals surface area contributed by atoms with E-state index in [1.165, 1.54) is 38.4 Å². The first kappa shape index (κ1) is 16.2. The van der Waals surface area contributed by atoms with E-state index in [4.69, 9.17) is 5.26 Å². The lowest BCUT2D eigenvalue weighted by molar-refractivity contribution is 0.510. The predicted molar refractivity (Wildman–Crippen MR) is 76.8 cm³/mol. The summed E-state index contributed by atoms with van der Waals surface area (Å²) in [4.78, 5) is 3.60. The molecule has 1 heterocycles. The molecule has 0 spiro atoms. The predicted octanol–water partition coefficient (Wildman–Crippen LogP) is 0.242. The number of hydrogen-bond donors (Lipinski definition) is 0. The van der Waals surface area contributed by atoms with Crippen molar-refractivity contribution >= 4 is 20.0 Å². The summed E-state index contributed by atoms with van der Waals surface area (Å²) in [6, 6.07) is 9.02. The molecule has 0 saturated carbocycles. The van der Waals surface area contributed by atoms with E-state index in [1.807, 2.05) is 0 Å². The van der Waals surface area contributed by atoms with Crippen LogP contribution in [0.5, 0.6) is 0 Å². The Balaban J connectivity index is 2.67. The molecule has 0 radical (unpaired) electrons. The van der Waals surface area contributed by atoms with Crippen molar-refractivity contribution < 1.29 is 16.8 Å². The summed E-state index contributed by atoms with van der Waals surface area (Å²) in [5, 5.41) is 8.50. The molecule has 2 aromatic rings. The maximum atomic E-state index is 12.4. The summed E-state index contributed by atoms with van der Waals surface area (Å²) in [5.74, 6) is -0.525. The number of benzene rings is 1. The van der Waals surface area contributed by atoms with Gasteiger partial charge < -0.3 is 0 Å². The fraction of sp³-hybridized carbons (Fsp3) is 0.167. The fourth-order valence-corrected chi connectivity index (χ4v) is 3.78. The van der Waals surface area contributed by atoms with E-state index in [1.54, 1.807) is 12.1 Å². The molecule has 2 rings (SSSR count). The van der Waals surface area contributed by atoms with Gasteiger partial charge in [0.2, 0.25) is 15.7 Å². The van der Waals surface area contributed by atoms with Gasteiger partial charge in [-0.2, -0.15) is 18.0 Å². The zero-order valence-electron chi connectivity index (χ0n) is 11.7. The smallest absolute Gasteiger partial charge is 0.217 e. The Labute approximate surface area is 128 Å². The maximum absolute atomic E-state index is 12.4. The van der Waals surface area contributed by atoms with Crippen molar-refractivity contribution in [3.05, 3.63) is 42.4 Å². The van der Waals surface area contributed by atoms with Crippen LogP contribution in [0, 0.1) is 11.3 Å². The Morgan fingerprint density at radius 1 is 1.14 bits per heavy atom. The van der Waals surface area contributed by atoms with E-state index < -0.39 is 30.9 Å². The molecule has 0 aliphatic rings. The lowest BCUT2D eigenvalue weighted by Crippen LogP contribution is -2.29. The van der Waals surface area contributed by atoms with Crippen molar-refractivity contribution in [1.82, 2.24) is 13.3 Å². The Kier molecular flexibility index (Phi) is 4.06. The van der Waals surface area contributed by atoms with Crippen LogP contribution < -0.4 is 0 Å². The molecular weight excluding hydrogens is 328 g/mol. The number of rotatable bonds is 4. The van der Waals surface area contributed by atoms with Gasteiger partial charge in [0.05, 0.1) is 11.1 Å². The van der Waals surface area contributed by atoms with Crippen LogP contribution >= 0.6 is 0 Å². The van der Waals surface area contributed by atoms with Crippen molar-refractivity contribution in [3.63, 3.8) is 0 Å². The molecule has 0 fully saturated rings. The van der Waals surface area contributed by atoms with Gasteiger partial charge in [-0.1, -0.05) is 18.2 Å². The van der Waals surface area contributed by atoms with Crippen molar-refractivity contribution in [1.29, 1.82) is 5.26 Å². The average Bonchev–Trinajstić information content (AvgIpc) is 2.93. The first-order valence-electron chi connectivity index (χ1n) is 5.94. The number of hydrogen-bond acceptors (Lipinski definition) is 6. The minimum absolute atomic E-state index is 0.0357. The largest absolute Gasteiger partial charge is 0.309 e. The highest BCUT2D eigenvalue weighted by atomic mass is 32.2. The lowest BCUT2D eigenvalue weighted by Gasteiger charge is -2.11. The van der Waals surface area contributed by atoms with Crippen LogP contribution in [-0.2, 0) is 20.0 Å². The first-order chi connectivity index (χ1) is 10.2. The highest BCUT2D eigenvalue weighted by Crippen LogP contribution is 2.21. The molecule has 0 unspecified atom stereocenters. The van der Waals surface area contributed by atoms with Crippen LogP contribution in [0.1, 0.15) is 5.82 Å². The van der Waals surface area contributed by atoms with Gasteiger partial charge in [-0.15, -0.1) is 0 Å². The van der Waals surface area contributed by atoms with E-state index >= 15 is 0 Å². The molecule has 1 aromatic carbocycles. The maximum Gasteiger partial charge on any atom is 0.309 e. The van der Waals surface area contributed by atoms with Crippen LogP contribution in [0.4, 0.5) is 0 Å². The molecule has 0 atom stereocenters. The van der Waals surface area contributed by atoms with E-state index in [0.717, 1.165) is 10.5 Å². The molecule has 10 heteroatoms. The van der Waals surface area contributed by atoms with Crippen molar-refractivity contribution in [2.24, 2.45) is 0 Å². The van der Waals surface area contributed by atoms with Gasteiger partial charge >= 0.3 is 10.2 Å². The van der Waals surface area contributed by atoms with Crippen LogP contribution in [0.3, 0.4) is 0 Å². The normalized spacial score (nSPS) is 12.3. The summed E-state index contributed by atoms with van der Waals surface area (Å²) >= 11 is 0. The summed E-state index contributed by atoms with van der Waals surface area (Å²) in [6.45, 7) is 0. The minimum atomic E-state index is -4.04. The van der Waals surface area contributed by atoms with Crippen molar-refractivity contribution in [2.75, 3.05) is 14.1 Å². The van der Waals surface area contributed by atoms with Crippen molar-refractivity contribution in [3.8, 4) is 6.07 Å². The third-order valence-electron chi connectivity index (χ3n) is 2.79. The van der Waals surface area contributed by atoms with E-state index in [0.29, 0.717) is 3.97 Å². The SMILES string of the molecule is CN(C)S(=O)(=O)n1cc(S(=O)(=O)c2ccccc2)nc1C#N. The molecule has 0 saturated heterocycles. The molecule has 8 nitrogen and oxygen atoms in total. The Bertz CT molecular complexity index is 939.